The maximum Gasteiger partial charge on any atom is 0.341 e. The van der Waals surface area contributed by atoms with Crippen LogP contribution < -0.4 is 5.32 Å². The van der Waals surface area contributed by atoms with Crippen molar-refractivity contribution in [3.8, 4) is 5.75 Å². The van der Waals surface area contributed by atoms with Crippen LogP contribution in [0.2, 0.25) is 0 Å². The van der Waals surface area contributed by atoms with Crippen molar-refractivity contribution in [3.63, 3.8) is 0 Å². The van der Waals surface area contributed by atoms with Crippen molar-refractivity contribution >= 4 is 11.7 Å². The number of carbonyl (C=O) groups excluding carboxylic acids is 1. The average molecular weight is 199 g/mol. The molecule has 0 bridgehead atoms. The first kappa shape index (κ1) is 10.3. The molecule has 0 atom stereocenters. The molecule has 0 saturated heterocycles. The van der Waals surface area contributed by atoms with Gasteiger partial charge in [-0.25, -0.2) is 9.18 Å². The van der Waals surface area contributed by atoms with Crippen molar-refractivity contribution in [3.05, 3.63) is 23.5 Å². The van der Waals surface area contributed by atoms with Crippen molar-refractivity contribution in [1.29, 1.82) is 0 Å². The van der Waals surface area contributed by atoms with E-state index >= 15 is 0 Å². The molecule has 1 aromatic carbocycles. The lowest BCUT2D eigenvalue weighted by atomic mass is 10.1. The minimum absolute atomic E-state index is 0.121. The van der Waals surface area contributed by atoms with Gasteiger partial charge in [0.25, 0.3) is 0 Å². The number of aromatic hydroxyl groups is 1. The monoisotopic (exact) mass is 199 g/mol. The quantitative estimate of drug-likeness (QED) is 0.706. The van der Waals surface area contributed by atoms with E-state index in [1.807, 2.05) is 0 Å². The van der Waals surface area contributed by atoms with Crippen molar-refractivity contribution in [2.45, 2.75) is 0 Å². The van der Waals surface area contributed by atoms with Crippen molar-refractivity contribution in [2.75, 3.05) is 19.5 Å². The highest BCUT2D eigenvalue weighted by molar-refractivity contribution is 5.93. The molecule has 0 aliphatic heterocycles. The summed E-state index contributed by atoms with van der Waals surface area (Å²) >= 11 is 0. The molecular weight excluding hydrogens is 189 g/mol. The van der Waals surface area contributed by atoms with Gasteiger partial charge >= 0.3 is 5.97 Å². The summed E-state index contributed by atoms with van der Waals surface area (Å²) in [7, 11) is 2.67. The Morgan fingerprint density at radius 2 is 2.21 bits per heavy atom. The lowest BCUT2D eigenvalue weighted by molar-refractivity contribution is 0.0597. The van der Waals surface area contributed by atoms with E-state index in [0.29, 0.717) is 0 Å². The Hall–Kier alpha value is -1.78. The van der Waals surface area contributed by atoms with Gasteiger partial charge in [0.1, 0.15) is 17.1 Å². The summed E-state index contributed by atoms with van der Waals surface area (Å²) in [6.45, 7) is 0. The smallest absolute Gasteiger partial charge is 0.341 e. The molecule has 5 heteroatoms. The number of phenolic OH excluding ortho intramolecular Hbond substituents is 1. The van der Waals surface area contributed by atoms with Crippen LogP contribution in [0.1, 0.15) is 10.4 Å². The largest absolute Gasteiger partial charge is 0.507 e. The van der Waals surface area contributed by atoms with Crippen LogP contribution in [0.5, 0.6) is 5.75 Å². The number of phenols is 1. The molecule has 0 unspecified atom stereocenters. The Balaban J connectivity index is 3.21. The van der Waals surface area contributed by atoms with Crippen LogP contribution in [0, 0.1) is 5.82 Å². The van der Waals surface area contributed by atoms with Gasteiger partial charge in [0, 0.05) is 13.1 Å². The average Bonchev–Trinajstić information content (AvgIpc) is 2.19. The van der Waals surface area contributed by atoms with Crippen molar-refractivity contribution < 1.29 is 19.0 Å². The van der Waals surface area contributed by atoms with E-state index in [-0.39, 0.29) is 17.0 Å². The molecule has 0 heterocycles. The predicted octanol–water partition coefficient (Wildman–Crippen LogP) is 1.36. The maximum absolute atomic E-state index is 13.1. The lowest BCUT2D eigenvalue weighted by Crippen LogP contribution is -2.03. The molecule has 0 amide bonds. The second kappa shape index (κ2) is 3.95. The number of esters is 1. The van der Waals surface area contributed by atoms with Gasteiger partial charge in [-0.3, -0.25) is 0 Å². The molecule has 1 rings (SSSR count). The molecule has 0 aliphatic rings. The Labute approximate surface area is 80.3 Å². The zero-order valence-corrected chi connectivity index (χ0v) is 7.80. The highest BCUT2D eigenvalue weighted by Crippen LogP contribution is 2.25. The van der Waals surface area contributed by atoms with Gasteiger partial charge < -0.3 is 15.2 Å². The SMILES string of the molecule is CNc1cc(O)c(C(=O)OC)cc1F. The fourth-order valence-corrected chi connectivity index (χ4v) is 1.03. The third-order valence-corrected chi connectivity index (χ3v) is 1.76. The van der Waals surface area contributed by atoms with E-state index in [4.69, 9.17) is 0 Å². The lowest BCUT2D eigenvalue weighted by Gasteiger charge is -2.06. The number of hydrogen-bond acceptors (Lipinski definition) is 4. The molecule has 0 saturated carbocycles. The van der Waals surface area contributed by atoms with Crippen LogP contribution >= 0.6 is 0 Å². The number of anilines is 1. The minimum atomic E-state index is -0.774. The Morgan fingerprint density at radius 3 is 2.71 bits per heavy atom. The molecule has 1 aromatic rings. The molecule has 2 N–H and O–H groups in total. The highest BCUT2D eigenvalue weighted by Gasteiger charge is 2.15. The molecule has 14 heavy (non-hydrogen) atoms. The molecular formula is C9H10FNO3. The summed E-state index contributed by atoms with van der Waals surface area (Å²) < 4.78 is 17.5. The summed E-state index contributed by atoms with van der Waals surface area (Å²) in [6, 6.07) is 2.05. The topological polar surface area (TPSA) is 58.6 Å². The van der Waals surface area contributed by atoms with Crippen LogP contribution in [0.4, 0.5) is 10.1 Å². The van der Waals surface area contributed by atoms with Gasteiger partial charge in [-0.1, -0.05) is 0 Å². The molecule has 0 aliphatic carbocycles. The van der Waals surface area contributed by atoms with Gasteiger partial charge in [-0.15, -0.1) is 0 Å². The van der Waals surface area contributed by atoms with Crippen LogP contribution in [0.15, 0.2) is 12.1 Å². The van der Waals surface area contributed by atoms with Crippen LogP contribution in [-0.2, 0) is 4.74 Å². The predicted molar refractivity (Wildman–Crippen MR) is 49.0 cm³/mol. The highest BCUT2D eigenvalue weighted by atomic mass is 19.1. The number of halogens is 1. The van der Waals surface area contributed by atoms with E-state index in [1.54, 1.807) is 0 Å². The van der Waals surface area contributed by atoms with Gasteiger partial charge in [0.2, 0.25) is 0 Å². The van der Waals surface area contributed by atoms with E-state index in [1.165, 1.54) is 7.05 Å². The number of carbonyl (C=O) groups is 1. The van der Waals surface area contributed by atoms with Crippen molar-refractivity contribution in [2.24, 2.45) is 0 Å². The fraction of sp³-hybridized carbons (Fsp3) is 0.222. The second-order valence-electron chi connectivity index (χ2n) is 2.59. The summed E-state index contributed by atoms with van der Waals surface area (Å²) in [4.78, 5) is 11.0. The molecule has 0 fully saturated rings. The number of ether oxygens (including phenoxy) is 1. The van der Waals surface area contributed by atoms with Gasteiger partial charge in [-0.05, 0) is 6.07 Å². The first-order valence-corrected chi connectivity index (χ1v) is 3.88. The molecule has 76 valence electrons. The fourth-order valence-electron chi connectivity index (χ4n) is 1.03. The van der Waals surface area contributed by atoms with Crippen LogP contribution in [0.3, 0.4) is 0 Å². The Kier molecular flexibility index (Phi) is 2.91. The third-order valence-electron chi connectivity index (χ3n) is 1.76. The Morgan fingerprint density at radius 1 is 1.57 bits per heavy atom. The second-order valence-corrected chi connectivity index (χ2v) is 2.59. The van der Waals surface area contributed by atoms with E-state index in [0.717, 1.165) is 19.2 Å². The number of nitrogens with one attached hydrogen (secondary N) is 1. The summed E-state index contributed by atoms with van der Waals surface area (Å²) in [5.41, 5.74) is -0.0702. The summed E-state index contributed by atoms with van der Waals surface area (Å²) in [5.74, 6) is -1.71. The first-order valence-electron chi connectivity index (χ1n) is 3.88. The number of benzene rings is 1. The van der Waals surface area contributed by atoms with E-state index < -0.39 is 11.8 Å². The molecule has 4 nitrogen and oxygen atoms in total. The maximum atomic E-state index is 13.1. The zero-order chi connectivity index (χ0) is 10.7. The van der Waals surface area contributed by atoms with Gasteiger partial charge in [0.15, 0.2) is 0 Å². The van der Waals surface area contributed by atoms with Crippen LogP contribution in [-0.4, -0.2) is 25.2 Å². The van der Waals surface area contributed by atoms with Gasteiger partial charge in [0.05, 0.1) is 12.8 Å². The van der Waals surface area contributed by atoms with Crippen molar-refractivity contribution in [1.82, 2.24) is 0 Å². The minimum Gasteiger partial charge on any atom is -0.507 e. The normalized spacial score (nSPS) is 9.64. The number of methoxy groups -OCH3 is 1. The third kappa shape index (κ3) is 1.76. The van der Waals surface area contributed by atoms with E-state index in [9.17, 15) is 14.3 Å². The molecule has 0 spiro atoms. The van der Waals surface area contributed by atoms with E-state index in [2.05, 4.69) is 10.1 Å². The standard InChI is InChI=1S/C9H10FNO3/c1-11-7-4-8(12)5(3-6(7)10)9(13)14-2/h3-4,11-12H,1-2H3. The van der Waals surface area contributed by atoms with Gasteiger partial charge in [-0.2, -0.15) is 0 Å². The summed E-state index contributed by atoms with van der Waals surface area (Å²) in [5, 5.41) is 11.9. The van der Waals surface area contributed by atoms with Crippen LogP contribution in [0.25, 0.3) is 0 Å². The number of hydrogen-bond donors (Lipinski definition) is 2. The number of rotatable bonds is 2. The molecule has 0 aromatic heterocycles. The molecule has 0 radical (unpaired) electrons. The first-order chi connectivity index (χ1) is 6.60. The Bertz CT molecular complexity index is 365. The zero-order valence-electron chi connectivity index (χ0n) is 7.80. The summed E-state index contributed by atoms with van der Waals surface area (Å²) in [6.07, 6.45) is 0.